The van der Waals surface area contributed by atoms with Gasteiger partial charge in [0.2, 0.25) is 5.78 Å². The lowest BCUT2D eigenvalue weighted by molar-refractivity contribution is -0.139. The average Bonchev–Trinajstić information content (AvgIpc) is 2.91. The molecule has 0 aliphatic carbocycles. The highest BCUT2D eigenvalue weighted by molar-refractivity contribution is 7.92. The Morgan fingerprint density at radius 2 is 1.83 bits per heavy atom. The molecule has 2 aliphatic rings. The van der Waals surface area contributed by atoms with E-state index in [9.17, 15) is 26.4 Å². The SMILES string of the molecule is CC1(C)CN=C2C(=O)c3cc(NS(=O)(=O)c4ccccc4C(F)(F)F)ccc3N2C1. The van der Waals surface area contributed by atoms with Crippen molar-refractivity contribution in [2.75, 3.05) is 22.7 Å². The predicted octanol–water partition coefficient (Wildman–Crippen LogP) is 3.95. The Kier molecular flexibility index (Phi) is 4.46. The fraction of sp³-hybridized carbons (Fsp3) is 0.300. The Balaban J connectivity index is 1.69. The van der Waals surface area contributed by atoms with Crippen molar-refractivity contribution in [3.8, 4) is 0 Å². The Morgan fingerprint density at radius 1 is 1.13 bits per heavy atom. The number of fused-ring (bicyclic) bond motifs is 3. The third-order valence-electron chi connectivity index (χ3n) is 4.97. The van der Waals surface area contributed by atoms with Crippen LogP contribution in [0.5, 0.6) is 0 Å². The number of sulfonamides is 1. The van der Waals surface area contributed by atoms with Gasteiger partial charge in [0.1, 0.15) is 0 Å². The minimum atomic E-state index is -4.83. The summed E-state index contributed by atoms with van der Waals surface area (Å²) in [4.78, 5) is 18.0. The zero-order chi connectivity index (χ0) is 21.9. The molecule has 0 spiro atoms. The number of carbonyl (C=O) groups excluding carboxylic acids is 1. The van der Waals surface area contributed by atoms with Gasteiger partial charge in [-0.2, -0.15) is 13.2 Å². The standard InChI is InChI=1S/C20H18F3N3O3S/c1-19(2)10-24-18-17(27)13-9-12(7-8-15(13)26(18)11-19)25-30(28,29)16-6-4-3-5-14(16)20(21,22)23/h3-9,25H,10-11H2,1-2H3. The van der Waals surface area contributed by atoms with E-state index < -0.39 is 26.7 Å². The number of nitrogens with one attached hydrogen (secondary N) is 1. The number of aliphatic imine (C=N–C) groups is 1. The van der Waals surface area contributed by atoms with Gasteiger partial charge in [-0.05, 0) is 30.3 Å². The highest BCUT2D eigenvalue weighted by atomic mass is 32.2. The monoisotopic (exact) mass is 437 g/mol. The summed E-state index contributed by atoms with van der Waals surface area (Å²) in [6.07, 6.45) is -4.83. The van der Waals surface area contributed by atoms with Gasteiger partial charge in [0, 0.05) is 24.2 Å². The van der Waals surface area contributed by atoms with Gasteiger partial charge in [-0.3, -0.25) is 14.5 Å². The Labute approximate surface area is 171 Å². The summed E-state index contributed by atoms with van der Waals surface area (Å²) >= 11 is 0. The third-order valence-corrected chi connectivity index (χ3v) is 6.41. The fourth-order valence-electron chi connectivity index (χ4n) is 3.60. The Hall–Kier alpha value is -2.88. The molecule has 2 heterocycles. The van der Waals surface area contributed by atoms with E-state index in [2.05, 4.69) is 9.71 Å². The van der Waals surface area contributed by atoms with Gasteiger partial charge in [-0.1, -0.05) is 26.0 Å². The van der Waals surface area contributed by atoms with E-state index in [1.54, 1.807) is 11.0 Å². The summed E-state index contributed by atoms with van der Waals surface area (Å²) in [6.45, 7) is 5.12. The number of anilines is 2. The molecule has 4 rings (SSSR count). The van der Waals surface area contributed by atoms with E-state index in [1.807, 2.05) is 13.8 Å². The molecule has 2 aliphatic heterocycles. The van der Waals surface area contributed by atoms with Gasteiger partial charge >= 0.3 is 6.18 Å². The Morgan fingerprint density at radius 3 is 2.53 bits per heavy atom. The van der Waals surface area contributed by atoms with Crippen LogP contribution in [0.2, 0.25) is 0 Å². The maximum absolute atomic E-state index is 13.2. The molecule has 0 aromatic heterocycles. The van der Waals surface area contributed by atoms with Crippen molar-refractivity contribution in [1.29, 1.82) is 0 Å². The summed E-state index contributed by atoms with van der Waals surface area (Å²) in [5.41, 5.74) is -0.532. The van der Waals surface area contributed by atoms with Crippen LogP contribution < -0.4 is 9.62 Å². The molecule has 10 heteroatoms. The molecule has 2 aromatic carbocycles. The molecule has 0 amide bonds. The number of carbonyl (C=O) groups is 1. The molecule has 2 aromatic rings. The Bertz CT molecular complexity index is 1190. The minimum absolute atomic E-state index is 0.00113. The summed E-state index contributed by atoms with van der Waals surface area (Å²) < 4.78 is 67.1. The van der Waals surface area contributed by atoms with Crippen LogP contribution >= 0.6 is 0 Å². The van der Waals surface area contributed by atoms with Crippen LogP contribution in [0.4, 0.5) is 24.5 Å². The summed E-state index contributed by atoms with van der Waals surface area (Å²) in [7, 11) is -4.53. The predicted molar refractivity (Wildman–Crippen MR) is 106 cm³/mol. The number of alkyl halides is 3. The molecule has 30 heavy (non-hydrogen) atoms. The van der Waals surface area contributed by atoms with Gasteiger partial charge in [0.25, 0.3) is 10.0 Å². The molecule has 0 unspecified atom stereocenters. The second-order valence-corrected chi connectivity index (χ2v) is 9.70. The smallest absolute Gasteiger partial charge is 0.322 e. The van der Waals surface area contributed by atoms with E-state index in [-0.39, 0.29) is 22.4 Å². The topological polar surface area (TPSA) is 78.8 Å². The van der Waals surface area contributed by atoms with Crippen molar-refractivity contribution in [3.05, 3.63) is 53.6 Å². The minimum Gasteiger partial charge on any atom is -0.322 e. The molecular weight excluding hydrogens is 419 g/mol. The molecule has 0 fully saturated rings. The number of hydrogen-bond acceptors (Lipinski definition) is 5. The quantitative estimate of drug-likeness (QED) is 0.789. The maximum Gasteiger partial charge on any atom is 0.417 e. The summed E-state index contributed by atoms with van der Waals surface area (Å²) in [5.74, 6) is -0.0380. The molecule has 0 saturated carbocycles. The molecule has 0 atom stereocenters. The average molecular weight is 437 g/mol. The third kappa shape index (κ3) is 3.45. The van der Waals surface area contributed by atoms with Crippen LogP contribution in [0.3, 0.4) is 0 Å². The van der Waals surface area contributed by atoms with Crippen LogP contribution in [0.1, 0.15) is 29.8 Å². The second-order valence-electron chi connectivity index (χ2n) is 8.05. The van der Waals surface area contributed by atoms with Crippen LogP contribution in [0.15, 0.2) is 52.4 Å². The fourth-order valence-corrected chi connectivity index (χ4v) is 4.88. The number of nitrogens with zero attached hydrogens (tertiary/aromatic N) is 2. The lowest BCUT2D eigenvalue weighted by atomic mass is 9.91. The molecular formula is C20H18F3N3O3S. The van der Waals surface area contributed by atoms with Crippen molar-refractivity contribution in [2.45, 2.75) is 24.9 Å². The van der Waals surface area contributed by atoms with Crippen molar-refractivity contribution in [2.24, 2.45) is 10.4 Å². The molecule has 0 bridgehead atoms. The number of halogens is 3. The number of hydrogen-bond donors (Lipinski definition) is 1. The number of benzene rings is 2. The first-order valence-corrected chi connectivity index (χ1v) is 10.6. The highest BCUT2D eigenvalue weighted by Crippen LogP contribution is 2.38. The lowest BCUT2D eigenvalue weighted by Gasteiger charge is -2.34. The molecule has 6 nitrogen and oxygen atoms in total. The number of Topliss-reactive ketones (excluding diaryl/α,β-unsaturated/α-hetero) is 1. The molecule has 1 N–H and O–H groups in total. The van der Waals surface area contributed by atoms with Crippen molar-refractivity contribution >= 4 is 33.0 Å². The first-order valence-electron chi connectivity index (χ1n) is 9.09. The van der Waals surface area contributed by atoms with Gasteiger partial charge in [-0.15, -0.1) is 0 Å². The zero-order valence-electron chi connectivity index (χ0n) is 16.1. The molecule has 158 valence electrons. The van der Waals surface area contributed by atoms with Crippen molar-refractivity contribution in [1.82, 2.24) is 0 Å². The number of amidine groups is 1. The van der Waals surface area contributed by atoms with E-state index in [0.29, 0.717) is 30.7 Å². The van der Waals surface area contributed by atoms with Crippen LogP contribution in [0, 0.1) is 5.41 Å². The molecule has 0 radical (unpaired) electrons. The first-order chi connectivity index (χ1) is 13.9. The maximum atomic E-state index is 13.2. The van der Waals surface area contributed by atoms with E-state index in [4.69, 9.17) is 0 Å². The molecule has 0 saturated heterocycles. The van der Waals surface area contributed by atoms with Crippen molar-refractivity contribution < 1.29 is 26.4 Å². The van der Waals surface area contributed by atoms with E-state index >= 15 is 0 Å². The van der Waals surface area contributed by atoms with Gasteiger partial charge in [-0.25, -0.2) is 8.42 Å². The van der Waals surface area contributed by atoms with Crippen molar-refractivity contribution in [3.63, 3.8) is 0 Å². The van der Waals surface area contributed by atoms with Gasteiger partial charge < -0.3 is 4.90 Å². The largest absolute Gasteiger partial charge is 0.417 e. The van der Waals surface area contributed by atoms with Gasteiger partial charge in [0.05, 0.1) is 21.7 Å². The van der Waals surface area contributed by atoms with E-state index in [1.165, 1.54) is 18.2 Å². The highest BCUT2D eigenvalue weighted by Gasteiger charge is 2.40. The van der Waals surface area contributed by atoms with Crippen LogP contribution in [-0.4, -0.2) is 33.1 Å². The number of ketones is 1. The van der Waals surface area contributed by atoms with E-state index in [0.717, 1.165) is 12.1 Å². The first kappa shape index (κ1) is 20.4. The zero-order valence-corrected chi connectivity index (χ0v) is 16.9. The lowest BCUT2D eigenvalue weighted by Crippen LogP contribution is -2.44. The van der Waals surface area contributed by atoms with Gasteiger partial charge in [0.15, 0.2) is 5.84 Å². The second kappa shape index (κ2) is 6.56. The normalized spacial score (nSPS) is 18.0. The number of rotatable bonds is 3. The summed E-state index contributed by atoms with van der Waals surface area (Å²) in [5, 5.41) is 0. The van der Waals surface area contributed by atoms with Crippen LogP contribution in [0.25, 0.3) is 0 Å². The summed E-state index contributed by atoms with van der Waals surface area (Å²) in [6, 6.07) is 8.26. The van der Waals surface area contributed by atoms with Crippen LogP contribution in [-0.2, 0) is 16.2 Å².